The van der Waals surface area contributed by atoms with Gasteiger partial charge in [-0.15, -0.1) is 0 Å². The summed E-state index contributed by atoms with van der Waals surface area (Å²) in [6.45, 7) is 4.97. The van der Waals surface area contributed by atoms with Crippen molar-refractivity contribution in [3.63, 3.8) is 0 Å². The molecule has 6 heteroatoms. The summed E-state index contributed by atoms with van der Waals surface area (Å²) in [4.78, 5) is 0. The first-order valence-electron chi connectivity index (χ1n) is 6.56. The van der Waals surface area contributed by atoms with E-state index in [1.165, 1.54) is 9.71 Å². The summed E-state index contributed by atoms with van der Waals surface area (Å²) in [6.07, 6.45) is 1.60. The van der Waals surface area contributed by atoms with Crippen LogP contribution in [-0.4, -0.2) is 37.9 Å². The number of hydrogen-bond acceptors (Lipinski definition) is 3. The van der Waals surface area contributed by atoms with Crippen molar-refractivity contribution in [1.82, 2.24) is 9.62 Å². The Hall–Kier alpha value is -0.880. The Morgan fingerprint density at radius 2 is 1.75 bits per heavy atom. The van der Waals surface area contributed by atoms with Crippen molar-refractivity contribution in [2.24, 2.45) is 0 Å². The molecule has 110 valence electrons. The van der Waals surface area contributed by atoms with Gasteiger partial charge in [-0.1, -0.05) is 23.7 Å². The molecule has 0 radical (unpaired) electrons. The quantitative estimate of drug-likeness (QED) is 0.931. The van der Waals surface area contributed by atoms with E-state index in [4.69, 9.17) is 11.6 Å². The SMILES string of the molecule is CC1CN(S(=O)(=O)C=Cc2ccc(Cl)cc2)CC(C)N1. The highest BCUT2D eigenvalue weighted by Gasteiger charge is 2.28. The molecule has 0 amide bonds. The standard InChI is InChI=1S/C14H19ClN2O2S/c1-11-9-17(10-12(2)16-11)20(18,19)8-7-13-3-5-14(15)6-4-13/h3-8,11-12,16H,9-10H2,1-2H3. The van der Waals surface area contributed by atoms with Gasteiger partial charge in [-0.05, 0) is 37.6 Å². The fourth-order valence-electron chi connectivity index (χ4n) is 2.31. The summed E-state index contributed by atoms with van der Waals surface area (Å²) < 4.78 is 26.1. The fraction of sp³-hybridized carbons (Fsp3) is 0.429. The van der Waals surface area contributed by atoms with Crippen LogP contribution in [0.25, 0.3) is 6.08 Å². The van der Waals surface area contributed by atoms with Gasteiger partial charge < -0.3 is 5.32 Å². The summed E-state index contributed by atoms with van der Waals surface area (Å²) in [7, 11) is -3.38. The van der Waals surface area contributed by atoms with Crippen LogP contribution in [-0.2, 0) is 10.0 Å². The van der Waals surface area contributed by atoms with Crippen molar-refractivity contribution < 1.29 is 8.42 Å². The summed E-state index contributed by atoms with van der Waals surface area (Å²) in [5.74, 6) is 0. The van der Waals surface area contributed by atoms with Crippen LogP contribution < -0.4 is 5.32 Å². The first-order chi connectivity index (χ1) is 9.37. The van der Waals surface area contributed by atoms with Crippen molar-refractivity contribution in [3.8, 4) is 0 Å². The Kier molecular flexibility index (Phi) is 4.86. The normalized spacial score (nSPS) is 25.1. The average Bonchev–Trinajstić information content (AvgIpc) is 2.37. The van der Waals surface area contributed by atoms with E-state index in [9.17, 15) is 8.42 Å². The van der Waals surface area contributed by atoms with Crippen molar-refractivity contribution in [2.45, 2.75) is 25.9 Å². The van der Waals surface area contributed by atoms with Crippen LogP contribution in [0.15, 0.2) is 29.7 Å². The van der Waals surface area contributed by atoms with Gasteiger partial charge in [-0.25, -0.2) is 8.42 Å². The van der Waals surface area contributed by atoms with Crippen molar-refractivity contribution in [2.75, 3.05) is 13.1 Å². The summed E-state index contributed by atoms with van der Waals surface area (Å²) >= 11 is 5.80. The molecule has 2 atom stereocenters. The molecule has 0 spiro atoms. The van der Waals surface area contributed by atoms with Crippen LogP contribution in [0.3, 0.4) is 0 Å². The summed E-state index contributed by atoms with van der Waals surface area (Å²) in [5, 5.41) is 5.22. The van der Waals surface area contributed by atoms with Gasteiger partial charge in [0.1, 0.15) is 0 Å². The van der Waals surface area contributed by atoms with Gasteiger partial charge >= 0.3 is 0 Å². The molecule has 1 aromatic rings. The topological polar surface area (TPSA) is 49.4 Å². The molecule has 1 aromatic carbocycles. The Balaban J connectivity index is 2.12. The summed E-state index contributed by atoms with van der Waals surface area (Å²) in [6, 6.07) is 7.38. The number of piperazine rings is 1. The van der Waals surface area contributed by atoms with Crippen LogP contribution in [0.4, 0.5) is 0 Å². The maximum absolute atomic E-state index is 12.3. The molecular weight excluding hydrogens is 296 g/mol. The van der Waals surface area contributed by atoms with Crippen molar-refractivity contribution in [3.05, 3.63) is 40.3 Å². The number of halogens is 1. The third kappa shape index (κ3) is 4.06. The van der Waals surface area contributed by atoms with Crippen LogP contribution in [0.2, 0.25) is 5.02 Å². The van der Waals surface area contributed by atoms with Gasteiger partial charge in [0.25, 0.3) is 0 Å². The number of rotatable bonds is 3. The maximum Gasteiger partial charge on any atom is 0.236 e. The second-order valence-electron chi connectivity index (χ2n) is 5.18. The van der Waals surface area contributed by atoms with Gasteiger partial charge in [-0.2, -0.15) is 4.31 Å². The number of sulfonamides is 1. The molecule has 1 fully saturated rings. The molecule has 2 unspecified atom stereocenters. The van der Waals surface area contributed by atoms with Crippen molar-refractivity contribution in [1.29, 1.82) is 0 Å². The zero-order valence-electron chi connectivity index (χ0n) is 11.6. The van der Waals surface area contributed by atoms with Crippen LogP contribution in [0.1, 0.15) is 19.4 Å². The number of nitrogens with zero attached hydrogens (tertiary/aromatic N) is 1. The monoisotopic (exact) mass is 314 g/mol. The second-order valence-corrected chi connectivity index (χ2v) is 7.44. The zero-order valence-corrected chi connectivity index (χ0v) is 13.2. The Bertz CT molecular complexity index is 574. The Morgan fingerprint density at radius 3 is 2.30 bits per heavy atom. The molecule has 1 saturated heterocycles. The van der Waals surface area contributed by atoms with E-state index in [1.54, 1.807) is 30.3 Å². The van der Waals surface area contributed by atoms with E-state index in [0.717, 1.165) is 5.56 Å². The highest BCUT2D eigenvalue weighted by atomic mass is 35.5. The van der Waals surface area contributed by atoms with Gasteiger partial charge in [0, 0.05) is 35.6 Å². The van der Waals surface area contributed by atoms with Crippen molar-refractivity contribution >= 4 is 27.7 Å². The van der Waals surface area contributed by atoms with E-state index in [2.05, 4.69) is 5.32 Å². The minimum atomic E-state index is -3.38. The molecule has 1 aliphatic rings. The van der Waals surface area contributed by atoms with E-state index >= 15 is 0 Å². The highest BCUT2D eigenvalue weighted by molar-refractivity contribution is 7.92. The Labute approximate surface area is 125 Å². The minimum absolute atomic E-state index is 0.164. The number of benzene rings is 1. The molecule has 0 saturated carbocycles. The highest BCUT2D eigenvalue weighted by Crippen LogP contribution is 2.14. The molecule has 1 heterocycles. The molecule has 0 aromatic heterocycles. The van der Waals surface area contributed by atoms with Gasteiger partial charge in [0.05, 0.1) is 0 Å². The third-order valence-corrected chi connectivity index (χ3v) is 4.94. The van der Waals surface area contributed by atoms with Crippen LogP contribution >= 0.6 is 11.6 Å². The average molecular weight is 315 g/mol. The number of hydrogen-bond donors (Lipinski definition) is 1. The molecule has 1 N–H and O–H groups in total. The molecule has 4 nitrogen and oxygen atoms in total. The predicted octanol–water partition coefficient (Wildman–Crippen LogP) is 2.32. The Morgan fingerprint density at radius 1 is 1.20 bits per heavy atom. The van der Waals surface area contributed by atoms with Crippen LogP contribution in [0.5, 0.6) is 0 Å². The number of nitrogens with one attached hydrogen (secondary N) is 1. The lowest BCUT2D eigenvalue weighted by molar-refractivity contribution is 0.265. The van der Waals surface area contributed by atoms with E-state index in [1.807, 2.05) is 13.8 Å². The molecule has 1 aliphatic heterocycles. The van der Waals surface area contributed by atoms with Gasteiger partial charge in [-0.3, -0.25) is 0 Å². The smallest absolute Gasteiger partial charge is 0.236 e. The zero-order chi connectivity index (χ0) is 14.8. The largest absolute Gasteiger partial charge is 0.309 e. The van der Waals surface area contributed by atoms with E-state index < -0.39 is 10.0 Å². The summed E-state index contributed by atoms with van der Waals surface area (Å²) in [5.41, 5.74) is 0.814. The van der Waals surface area contributed by atoms with Gasteiger partial charge in [0.2, 0.25) is 10.0 Å². The molecular formula is C14H19ClN2O2S. The molecule has 2 rings (SSSR count). The lowest BCUT2D eigenvalue weighted by Gasteiger charge is -2.34. The van der Waals surface area contributed by atoms with E-state index in [-0.39, 0.29) is 12.1 Å². The van der Waals surface area contributed by atoms with Crippen LogP contribution in [0, 0.1) is 0 Å². The van der Waals surface area contributed by atoms with Gasteiger partial charge in [0.15, 0.2) is 0 Å². The maximum atomic E-state index is 12.3. The first kappa shape index (κ1) is 15.5. The predicted molar refractivity (Wildman–Crippen MR) is 83.0 cm³/mol. The molecule has 20 heavy (non-hydrogen) atoms. The molecule has 0 bridgehead atoms. The lowest BCUT2D eigenvalue weighted by atomic mass is 10.2. The first-order valence-corrected chi connectivity index (χ1v) is 8.45. The van der Waals surface area contributed by atoms with E-state index in [0.29, 0.717) is 18.1 Å². The second kappa shape index (κ2) is 6.26. The lowest BCUT2D eigenvalue weighted by Crippen LogP contribution is -2.55. The molecule has 0 aliphatic carbocycles. The fourth-order valence-corrected chi connectivity index (χ4v) is 3.80. The minimum Gasteiger partial charge on any atom is -0.309 e. The third-order valence-electron chi connectivity index (χ3n) is 3.19.